The highest BCUT2D eigenvalue weighted by Gasteiger charge is 2.23. The third-order valence-corrected chi connectivity index (χ3v) is 4.95. The van der Waals surface area contributed by atoms with Crippen molar-refractivity contribution in [1.82, 2.24) is 9.29 Å². The van der Waals surface area contributed by atoms with Gasteiger partial charge in [-0.2, -0.15) is 4.31 Å². The molecule has 0 bridgehead atoms. The summed E-state index contributed by atoms with van der Waals surface area (Å²) in [5.41, 5.74) is 0.605. The molecule has 0 fully saturated rings. The first-order valence-electron chi connectivity index (χ1n) is 5.93. The number of aromatic amines is 1. The lowest BCUT2D eigenvalue weighted by Gasteiger charge is -2.16. The number of H-pyrrole nitrogens is 1. The number of carbonyl (C=O) groups is 1. The van der Waals surface area contributed by atoms with Crippen molar-refractivity contribution in [2.75, 3.05) is 7.05 Å². The van der Waals surface area contributed by atoms with Crippen LogP contribution in [0.5, 0.6) is 0 Å². The van der Waals surface area contributed by atoms with E-state index in [9.17, 15) is 13.2 Å². The normalized spacial score (nSPS) is 11.8. The van der Waals surface area contributed by atoms with E-state index in [1.165, 1.54) is 7.05 Å². The molecule has 0 unspecified atom stereocenters. The van der Waals surface area contributed by atoms with Crippen molar-refractivity contribution >= 4 is 27.6 Å². The number of hydrogen-bond donors (Lipinski definition) is 2. The quantitative estimate of drug-likeness (QED) is 0.880. The smallest absolute Gasteiger partial charge is 0.352 e. The first-order chi connectivity index (χ1) is 9.80. The summed E-state index contributed by atoms with van der Waals surface area (Å²) < 4.78 is 25.8. The zero-order chi connectivity index (χ0) is 15.6. The zero-order valence-corrected chi connectivity index (χ0v) is 12.6. The van der Waals surface area contributed by atoms with E-state index < -0.39 is 16.0 Å². The number of carboxylic acid groups (broad SMARTS) is 1. The van der Waals surface area contributed by atoms with Crippen molar-refractivity contribution < 1.29 is 18.3 Å². The van der Waals surface area contributed by atoms with Gasteiger partial charge in [0.2, 0.25) is 10.0 Å². The lowest BCUT2D eigenvalue weighted by Crippen LogP contribution is -2.26. The molecule has 0 atom stereocenters. The lowest BCUT2D eigenvalue weighted by molar-refractivity contribution is 0.0691. The van der Waals surface area contributed by atoms with Gasteiger partial charge in [0.15, 0.2) is 0 Å². The molecule has 0 aliphatic rings. The standard InChI is InChI=1S/C13H13ClN2O4S/c1-16(8-9-2-4-10(14)5-3-9)21(19,20)11-6-12(13(17)18)15-7-11/h2-7,15H,8H2,1H3,(H,17,18). The fourth-order valence-electron chi connectivity index (χ4n) is 1.76. The van der Waals surface area contributed by atoms with Crippen molar-refractivity contribution in [1.29, 1.82) is 0 Å². The average molecular weight is 329 g/mol. The number of nitrogens with one attached hydrogen (secondary N) is 1. The van der Waals surface area contributed by atoms with Crippen molar-refractivity contribution in [3.05, 3.63) is 52.8 Å². The summed E-state index contributed by atoms with van der Waals surface area (Å²) in [6.45, 7) is 0.160. The van der Waals surface area contributed by atoms with Crippen LogP contribution in [0.25, 0.3) is 0 Å². The molecule has 2 rings (SSSR count). The van der Waals surface area contributed by atoms with Crippen LogP contribution in [0.2, 0.25) is 5.02 Å². The molecular formula is C13H13ClN2O4S. The van der Waals surface area contributed by atoms with Crippen molar-refractivity contribution in [2.24, 2.45) is 0 Å². The monoisotopic (exact) mass is 328 g/mol. The van der Waals surface area contributed by atoms with Crippen LogP contribution in [0, 0.1) is 0 Å². The maximum absolute atomic E-state index is 12.3. The van der Waals surface area contributed by atoms with E-state index in [2.05, 4.69) is 4.98 Å². The molecule has 1 heterocycles. The first kappa shape index (κ1) is 15.6. The van der Waals surface area contributed by atoms with Crippen molar-refractivity contribution in [3.63, 3.8) is 0 Å². The second-order valence-corrected chi connectivity index (χ2v) is 6.92. The van der Waals surface area contributed by atoms with E-state index in [1.54, 1.807) is 24.3 Å². The maximum Gasteiger partial charge on any atom is 0.352 e. The van der Waals surface area contributed by atoms with Gasteiger partial charge in [-0.3, -0.25) is 0 Å². The maximum atomic E-state index is 12.3. The zero-order valence-electron chi connectivity index (χ0n) is 11.1. The summed E-state index contributed by atoms with van der Waals surface area (Å²) in [6, 6.07) is 7.91. The predicted molar refractivity (Wildman–Crippen MR) is 77.9 cm³/mol. The molecule has 112 valence electrons. The number of hydrogen-bond acceptors (Lipinski definition) is 3. The largest absolute Gasteiger partial charge is 0.477 e. The van der Waals surface area contributed by atoms with Crippen LogP contribution in [0.15, 0.2) is 41.4 Å². The Morgan fingerprint density at radius 3 is 2.48 bits per heavy atom. The number of benzene rings is 1. The van der Waals surface area contributed by atoms with Crippen LogP contribution in [0.4, 0.5) is 0 Å². The van der Waals surface area contributed by atoms with Gasteiger partial charge in [0, 0.05) is 24.8 Å². The first-order valence-corrected chi connectivity index (χ1v) is 7.75. The molecule has 2 aromatic rings. The molecule has 8 heteroatoms. The topological polar surface area (TPSA) is 90.5 Å². The van der Waals surface area contributed by atoms with Crippen LogP contribution < -0.4 is 0 Å². The predicted octanol–water partition coefficient (Wildman–Crippen LogP) is 2.19. The van der Waals surface area contributed by atoms with E-state index in [0.29, 0.717) is 5.02 Å². The number of carboxylic acids is 1. The van der Waals surface area contributed by atoms with Gasteiger partial charge in [0.25, 0.3) is 0 Å². The SMILES string of the molecule is CN(Cc1ccc(Cl)cc1)S(=O)(=O)c1c[nH]c(C(=O)O)c1. The van der Waals surface area contributed by atoms with E-state index >= 15 is 0 Å². The average Bonchev–Trinajstić information content (AvgIpc) is 2.91. The van der Waals surface area contributed by atoms with Gasteiger partial charge in [0.05, 0.1) is 0 Å². The number of sulfonamides is 1. The Morgan fingerprint density at radius 1 is 1.33 bits per heavy atom. The molecule has 1 aromatic heterocycles. The van der Waals surface area contributed by atoms with Gasteiger partial charge < -0.3 is 10.1 Å². The Kier molecular flexibility index (Phi) is 4.36. The Bertz CT molecular complexity index is 753. The molecule has 21 heavy (non-hydrogen) atoms. The molecule has 0 saturated heterocycles. The minimum Gasteiger partial charge on any atom is -0.477 e. The highest BCUT2D eigenvalue weighted by atomic mass is 35.5. The summed E-state index contributed by atoms with van der Waals surface area (Å²) in [7, 11) is -2.33. The number of rotatable bonds is 5. The third-order valence-electron chi connectivity index (χ3n) is 2.91. The second kappa shape index (κ2) is 5.88. The van der Waals surface area contributed by atoms with Crippen molar-refractivity contribution in [2.45, 2.75) is 11.4 Å². The number of nitrogens with zero attached hydrogens (tertiary/aromatic N) is 1. The van der Waals surface area contributed by atoms with E-state index in [4.69, 9.17) is 16.7 Å². The van der Waals surface area contributed by atoms with E-state index in [1.807, 2.05) is 0 Å². The fraction of sp³-hybridized carbons (Fsp3) is 0.154. The number of halogens is 1. The van der Waals surface area contributed by atoms with Crippen LogP contribution in [0.1, 0.15) is 16.1 Å². The Balaban J connectivity index is 2.21. The Morgan fingerprint density at radius 2 is 1.95 bits per heavy atom. The molecule has 6 nitrogen and oxygen atoms in total. The minimum atomic E-state index is -3.75. The number of aromatic carboxylic acids is 1. The summed E-state index contributed by atoms with van der Waals surface area (Å²) in [6.07, 6.45) is 1.16. The summed E-state index contributed by atoms with van der Waals surface area (Å²) in [5, 5.41) is 9.38. The fourth-order valence-corrected chi connectivity index (χ4v) is 3.04. The molecule has 0 amide bonds. The van der Waals surface area contributed by atoms with E-state index in [-0.39, 0.29) is 17.1 Å². The second-order valence-electron chi connectivity index (χ2n) is 4.44. The number of aromatic nitrogens is 1. The van der Waals surface area contributed by atoms with Crippen LogP contribution >= 0.6 is 11.6 Å². The molecule has 1 aromatic carbocycles. The minimum absolute atomic E-state index is 0.0867. The Labute approximate surface area is 127 Å². The third kappa shape index (κ3) is 3.44. The summed E-state index contributed by atoms with van der Waals surface area (Å²) in [4.78, 5) is 13.1. The van der Waals surface area contributed by atoms with Gasteiger partial charge in [-0.05, 0) is 23.8 Å². The van der Waals surface area contributed by atoms with Crippen LogP contribution in [-0.2, 0) is 16.6 Å². The van der Waals surface area contributed by atoms with Gasteiger partial charge in [-0.1, -0.05) is 23.7 Å². The molecule has 2 N–H and O–H groups in total. The lowest BCUT2D eigenvalue weighted by atomic mass is 10.2. The van der Waals surface area contributed by atoms with Crippen molar-refractivity contribution in [3.8, 4) is 0 Å². The molecular weight excluding hydrogens is 316 g/mol. The molecule has 0 spiro atoms. The van der Waals surface area contributed by atoms with Gasteiger partial charge in [0.1, 0.15) is 10.6 Å². The van der Waals surface area contributed by atoms with E-state index in [0.717, 1.165) is 22.1 Å². The summed E-state index contributed by atoms with van der Waals surface area (Å²) in [5.74, 6) is -1.21. The van der Waals surface area contributed by atoms with Gasteiger partial charge in [-0.15, -0.1) is 0 Å². The Hall–Kier alpha value is -1.83. The van der Waals surface area contributed by atoms with Crippen LogP contribution in [-0.4, -0.2) is 35.8 Å². The summed E-state index contributed by atoms with van der Waals surface area (Å²) >= 11 is 5.77. The highest BCUT2D eigenvalue weighted by Crippen LogP contribution is 2.18. The van der Waals surface area contributed by atoms with Gasteiger partial charge >= 0.3 is 5.97 Å². The molecule has 0 aliphatic heterocycles. The highest BCUT2D eigenvalue weighted by molar-refractivity contribution is 7.89. The van der Waals surface area contributed by atoms with Gasteiger partial charge in [-0.25, -0.2) is 13.2 Å². The molecule has 0 saturated carbocycles. The molecule has 0 radical (unpaired) electrons. The van der Waals surface area contributed by atoms with Crippen LogP contribution in [0.3, 0.4) is 0 Å². The molecule has 0 aliphatic carbocycles.